The molecule has 1 heterocycles. The molecule has 1 atom stereocenters. The quantitative estimate of drug-likeness (QED) is 0.800. The molecule has 0 saturated heterocycles. The number of anilines is 1. The molecule has 0 aliphatic carbocycles. The number of hydrogen-bond acceptors (Lipinski definition) is 5. The zero-order valence-corrected chi connectivity index (χ0v) is 10.3. The minimum Gasteiger partial charge on any atom is -0.382 e. The normalized spacial score (nSPS) is 12.1. The molecule has 1 aromatic rings. The van der Waals surface area contributed by atoms with Crippen LogP contribution in [0.4, 0.5) is 5.82 Å². The first kappa shape index (κ1) is 12.8. The molecule has 0 fully saturated rings. The third-order valence-electron chi connectivity index (χ3n) is 2.12. The number of amides is 1. The SMILES string of the molecule is CSC(C)CCNC(=O)c1cncc(N)n1. The predicted octanol–water partition coefficient (Wildman–Crippen LogP) is 0.930. The fourth-order valence-electron chi connectivity index (χ4n) is 1.09. The molecule has 0 radical (unpaired) electrons. The molecule has 0 spiro atoms. The number of carbonyl (C=O) groups excluding carboxylic acids is 1. The van der Waals surface area contributed by atoms with E-state index in [1.807, 2.05) is 0 Å². The van der Waals surface area contributed by atoms with E-state index in [2.05, 4.69) is 28.5 Å². The molecule has 1 amide bonds. The largest absolute Gasteiger partial charge is 0.382 e. The van der Waals surface area contributed by atoms with Gasteiger partial charge in [-0.25, -0.2) is 4.98 Å². The lowest BCUT2D eigenvalue weighted by atomic mass is 10.3. The van der Waals surface area contributed by atoms with Crippen LogP contribution in [-0.2, 0) is 0 Å². The van der Waals surface area contributed by atoms with Gasteiger partial charge in [-0.1, -0.05) is 6.92 Å². The van der Waals surface area contributed by atoms with Crippen molar-refractivity contribution in [3.8, 4) is 0 Å². The zero-order valence-electron chi connectivity index (χ0n) is 9.43. The topological polar surface area (TPSA) is 80.9 Å². The van der Waals surface area contributed by atoms with Gasteiger partial charge in [-0.15, -0.1) is 0 Å². The molecule has 5 nitrogen and oxygen atoms in total. The van der Waals surface area contributed by atoms with Gasteiger partial charge in [0, 0.05) is 11.8 Å². The fraction of sp³-hybridized carbons (Fsp3) is 0.500. The number of hydrogen-bond donors (Lipinski definition) is 2. The maximum Gasteiger partial charge on any atom is 0.271 e. The maximum absolute atomic E-state index is 11.6. The minimum atomic E-state index is -0.229. The summed E-state index contributed by atoms with van der Waals surface area (Å²) in [6.07, 6.45) is 5.80. The molecular weight excluding hydrogens is 224 g/mol. The van der Waals surface area contributed by atoms with Crippen LogP contribution < -0.4 is 11.1 Å². The van der Waals surface area contributed by atoms with Crippen LogP contribution in [0.15, 0.2) is 12.4 Å². The van der Waals surface area contributed by atoms with Crippen molar-refractivity contribution in [3.05, 3.63) is 18.1 Å². The second kappa shape index (κ2) is 6.32. The van der Waals surface area contributed by atoms with Crippen molar-refractivity contribution in [2.24, 2.45) is 0 Å². The molecule has 6 heteroatoms. The van der Waals surface area contributed by atoms with E-state index >= 15 is 0 Å². The van der Waals surface area contributed by atoms with E-state index < -0.39 is 0 Å². The summed E-state index contributed by atoms with van der Waals surface area (Å²) in [6, 6.07) is 0. The third-order valence-corrected chi connectivity index (χ3v) is 3.17. The number of thioether (sulfide) groups is 1. The molecule has 1 rings (SSSR count). The van der Waals surface area contributed by atoms with E-state index in [1.54, 1.807) is 11.8 Å². The van der Waals surface area contributed by atoms with Crippen LogP contribution in [0, 0.1) is 0 Å². The van der Waals surface area contributed by atoms with Gasteiger partial charge in [0.05, 0.1) is 12.4 Å². The number of rotatable bonds is 5. The second-order valence-corrected chi connectivity index (χ2v) is 4.70. The van der Waals surface area contributed by atoms with Gasteiger partial charge in [-0.05, 0) is 12.7 Å². The Labute approximate surface area is 99.2 Å². The van der Waals surface area contributed by atoms with Crippen LogP contribution in [0.1, 0.15) is 23.8 Å². The summed E-state index contributed by atoms with van der Waals surface area (Å²) in [6.45, 7) is 2.76. The van der Waals surface area contributed by atoms with Crippen LogP contribution in [-0.4, -0.2) is 33.9 Å². The van der Waals surface area contributed by atoms with E-state index in [9.17, 15) is 4.79 Å². The second-order valence-electron chi connectivity index (χ2n) is 3.42. The Morgan fingerprint density at radius 3 is 3.00 bits per heavy atom. The van der Waals surface area contributed by atoms with Crippen LogP contribution in [0.5, 0.6) is 0 Å². The van der Waals surface area contributed by atoms with Gasteiger partial charge < -0.3 is 11.1 Å². The van der Waals surface area contributed by atoms with Gasteiger partial charge in [0.25, 0.3) is 5.91 Å². The summed E-state index contributed by atoms with van der Waals surface area (Å²) in [4.78, 5) is 19.3. The lowest BCUT2D eigenvalue weighted by molar-refractivity contribution is 0.0948. The lowest BCUT2D eigenvalue weighted by Crippen LogP contribution is -2.27. The molecule has 0 aliphatic heterocycles. The van der Waals surface area contributed by atoms with Crippen molar-refractivity contribution >= 4 is 23.5 Å². The Morgan fingerprint density at radius 1 is 1.62 bits per heavy atom. The standard InChI is InChI=1S/C10H16N4OS/c1-7(16-2)3-4-13-10(15)8-5-12-6-9(11)14-8/h5-7H,3-4H2,1-2H3,(H2,11,14)(H,13,15). The van der Waals surface area contributed by atoms with Crippen LogP contribution in [0.3, 0.4) is 0 Å². The smallest absolute Gasteiger partial charge is 0.271 e. The lowest BCUT2D eigenvalue weighted by Gasteiger charge is -2.08. The fourth-order valence-corrected chi connectivity index (χ4v) is 1.44. The Morgan fingerprint density at radius 2 is 2.38 bits per heavy atom. The highest BCUT2D eigenvalue weighted by Crippen LogP contribution is 2.08. The van der Waals surface area contributed by atoms with Crippen molar-refractivity contribution in [1.82, 2.24) is 15.3 Å². The Bertz CT molecular complexity index is 358. The number of nitrogen functional groups attached to an aromatic ring is 1. The molecule has 0 saturated carbocycles. The van der Waals surface area contributed by atoms with Gasteiger partial charge in [-0.3, -0.25) is 9.78 Å². The van der Waals surface area contributed by atoms with E-state index in [0.717, 1.165) is 6.42 Å². The molecule has 1 unspecified atom stereocenters. The Hall–Kier alpha value is -1.30. The van der Waals surface area contributed by atoms with Crippen LogP contribution in [0.2, 0.25) is 0 Å². The van der Waals surface area contributed by atoms with Gasteiger partial charge >= 0.3 is 0 Å². The zero-order chi connectivity index (χ0) is 12.0. The number of carbonyl (C=O) groups is 1. The maximum atomic E-state index is 11.6. The number of nitrogens with zero attached hydrogens (tertiary/aromatic N) is 2. The first-order valence-electron chi connectivity index (χ1n) is 5.02. The first-order valence-corrected chi connectivity index (χ1v) is 6.30. The molecular formula is C10H16N4OS. The minimum absolute atomic E-state index is 0.229. The predicted molar refractivity (Wildman–Crippen MR) is 66.4 cm³/mol. The number of nitrogens with two attached hydrogens (primary N) is 1. The van der Waals surface area contributed by atoms with Gasteiger partial charge in [-0.2, -0.15) is 11.8 Å². The van der Waals surface area contributed by atoms with Crippen molar-refractivity contribution in [1.29, 1.82) is 0 Å². The Kier molecular flexibility index (Phi) is 5.04. The summed E-state index contributed by atoms with van der Waals surface area (Å²) >= 11 is 1.78. The van der Waals surface area contributed by atoms with E-state index in [1.165, 1.54) is 12.4 Å². The Balaban J connectivity index is 2.41. The summed E-state index contributed by atoms with van der Waals surface area (Å²) in [7, 11) is 0. The molecule has 0 aliphatic rings. The van der Waals surface area contributed by atoms with Gasteiger partial charge in [0.15, 0.2) is 0 Å². The monoisotopic (exact) mass is 240 g/mol. The van der Waals surface area contributed by atoms with Crippen molar-refractivity contribution < 1.29 is 4.79 Å². The summed E-state index contributed by atoms with van der Waals surface area (Å²) in [5.74, 6) is 0.0261. The molecule has 16 heavy (non-hydrogen) atoms. The van der Waals surface area contributed by atoms with Crippen LogP contribution >= 0.6 is 11.8 Å². The van der Waals surface area contributed by atoms with Crippen molar-refractivity contribution in [2.45, 2.75) is 18.6 Å². The number of aromatic nitrogens is 2. The third kappa shape index (κ3) is 4.06. The first-order chi connectivity index (χ1) is 7.63. The van der Waals surface area contributed by atoms with Gasteiger partial charge in [0.2, 0.25) is 0 Å². The molecule has 3 N–H and O–H groups in total. The van der Waals surface area contributed by atoms with E-state index in [-0.39, 0.29) is 17.4 Å². The molecule has 0 aromatic carbocycles. The van der Waals surface area contributed by atoms with Gasteiger partial charge in [0.1, 0.15) is 11.5 Å². The highest BCUT2D eigenvalue weighted by Gasteiger charge is 2.08. The number of nitrogens with one attached hydrogen (secondary N) is 1. The summed E-state index contributed by atoms with van der Waals surface area (Å²) in [5, 5.41) is 3.32. The summed E-state index contributed by atoms with van der Waals surface area (Å²) in [5.41, 5.74) is 5.70. The van der Waals surface area contributed by atoms with Crippen LogP contribution in [0.25, 0.3) is 0 Å². The molecule has 88 valence electrons. The van der Waals surface area contributed by atoms with E-state index in [4.69, 9.17) is 5.73 Å². The average molecular weight is 240 g/mol. The average Bonchev–Trinajstić information content (AvgIpc) is 2.28. The molecule has 0 bridgehead atoms. The highest BCUT2D eigenvalue weighted by atomic mass is 32.2. The molecule has 1 aromatic heterocycles. The van der Waals surface area contributed by atoms with Crippen molar-refractivity contribution in [3.63, 3.8) is 0 Å². The summed E-state index contributed by atoms with van der Waals surface area (Å²) < 4.78 is 0. The van der Waals surface area contributed by atoms with Crippen molar-refractivity contribution in [2.75, 3.05) is 18.5 Å². The van der Waals surface area contributed by atoms with E-state index in [0.29, 0.717) is 11.8 Å². The highest BCUT2D eigenvalue weighted by molar-refractivity contribution is 7.99.